The van der Waals surface area contributed by atoms with Crippen molar-refractivity contribution in [1.82, 2.24) is 5.32 Å². The van der Waals surface area contributed by atoms with Gasteiger partial charge in [-0.15, -0.1) is 0 Å². The molecule has 0 heterocycles. The number of rotatable bonds is 7. The van der Waals surface area contributed by atoms with E-state index in [1.54, 1.807) is 0 Å². The lowest BCUT2D eigenvalue weighted by Gasteiger charge is -2.13. The molecule has 0 aliphatic rings. The molecule has 0 saturated heterocycles. The van der Waals surface area contributed by atoms with Crippen LogP contribution in [0.5, 0.6) is 0 Å². The van der Waals surface area contributed by atoms with Crippen LogP contribution in [0.3, 0.4) is 0 Å². The molecule has 0 radical (unpaired) electrons. The smallest absolute Gasteiger partial charge is 0.248 e. The molecule has 1 aromatic carbocycles. The second-order valence-corrected chi connectivity index (χ2v) is 4.48. The number of hydrogen-bond donors (Lipinski definition) is 2. The zero-order valence-corrected chi connectivity index (χ0v) is 11.0. The maximum absolute atomic E-state index is 13.5. The van der Waals surface area contributed by atoms with Crippen LogP contribution in [0, 0.1) is 11.7 Å². The quantitative estimate of drug-likeness (QED) is 0.783. The number of hydrogen-bond acceptors (Lipinski definition) is 2. The Bertz CT molecular complexity index is 403. The van der Waals surface area contributed by atoms with E-state index >= 15 is 0 Å². The fourth-order valence-corrected chi connectivity index (χ4v) is 1.85. The first kappa shape index (κ1) is 14.6. The van der Waals surface area contributed by atoms with Crippen molar-refractivity contribution in [2.24, 2.45) is 11.7 Å². The number of benzene rings is 1. The van der Waals surface area contributed by atoms with E-state index in [-0.39, 0.29) is 5.82 Å². The van der Waals surface area contributed by atoms with Crippen molar-refractivity contribution in [2.45, 2.75) is 33.2 Å². The van der Waals surface area contributed by atoms with Crippen molar-refractivity contribution in [1.29, 1.82) is 0 Å². The second-order valence-electron chi connectivity index (χ2n) is 4.48. The molecular formula is C14H21FN2O. The van der Waals surface area contributed by atoms with Crippen molar-refractivity contribution in [3.63, 3.8) is 0 Å². The van der Waals surface area contributed by atoms with E-state index in [0.717, 1.165) is 19.4 Å². The Morgan fingerprint density at radius 2 is 2.06 bits per heavy atom. The van der Waals surface area contributed by atoms with E-state index in [9.17, 15) is 9.18 Å². The molecule has 1 aromatic rings. The number of halogens is 1. The number of carbonyl (C=O) groups excluding carboxylic acids is 1. The van der Waals surface area contributed by atoms with Crippen molar-refractivity contribution in [2.75, 3.05) is 6.54 Å². The molecule has 0 aliphatic heterocycles. The summed E-state index contributed by atoms with van der Waals surface area (Å²) in [6.07, 6.45) is 2.21. The van der Waals surface area contributed by atoms with Crippen LogP contribution in [0.2, 0.25) is 0 Å². The van der Waals surface area contributed by atoms with E-state index in [2.05, 4.69) is 19.2 Å². The van der Waals surface area contributed by atoms with Gasteiger partial charge >= 0.3 is 0 Å². The van der Waals surface area contributed by atoms with Gasteiger partial charge in [-0.1, -0.05) is 26.7 Å². The minimum atomic E-state index is -0.531. The lowest BCUT2D eigenvalue weighted by molar-refractivity contribution is 0.1000. The highest BCUT2D eigenvalue weighted by Gasteiger charge is 2.08. The summed E-state index contributed by atoms with van der Waals surface area (Å²) in [7, 11) is 0. The Balaban J connectivity index is 2.61. The molecule has 0 fully saturated rings. The summed E-state index contributed by atoms with van der Waals surface area (Å²) in [6.45, 7) is 5.56. The van der Waals surface area contributed by atoms with E-state index < -0.39 is 5.91 Å². The van der Waals surface area contributed by atoms with Crippen molar-refractivity contribution >= 4 is 5.91 Å². The topological polar surface area (TPSA) is 55.1 Å². The molecule has 0 atom stereocenters. The lowest BCUT2D eigenvalue weighted by Crippen LogP contribution is -2.22. The van der Waals surface area contributed by atoms with Gasteiger partial charge in [0.1, 0.15) is 5.82 Å². The highest BCUT2D eigenvalue weighted by molar-refractivity contribution is 5.92. The van der Waals surface area contributed by atoms with Gasteiger partial charge in [0.05, 0.1) is 0 Å². The van der Waals surface area contributed by atoms with Crippen LogP contribution in [0.25, 0.3) is 0 Å². The number of primary amides is 1. The normalized spacial score (nSPS) is 10.9. The molecule has 0 saturated carbocycles. The maximum atomic E-state index is 13.5. The number of carbonyl (C=O) groups is 1. The molecule has 0 aromatic heterocycles. The fraction of sp³-hybridized carbons (Fsp3) is 0.500. The predicted octanol–water partition coefficient (Wildman–Crippen LogP) is 2.45. The summed E-state index contributed by atoms with van der Waals surface area (Å²) in [5.74, 6) is -0.235. The Morgan fingerprint density at radius 1 is 1.39 bits per heavy atom. The first-order valence-corrected chi connectivity index (χ1v) is 6.37. The molecule has 4 heteroatoms. The second kappa shape index (κ2) is 7.11. The summed E-state index contributed by atoms with van der Waals surface area (Å²) >= 11 is 0. The third-order valence-corrected chi connectivity index (χ3v) is 3.23. The van der Waals surface area contributed by atoms with Crippen LogP contribution in [-0.2, 0) is 6.54 Å². The predicted molar refractivity (Wildman–Crippen MR) is 70.7 cm³/mol. The summed E-state index contributed by atoms with van der Waals surface area (Å²) in [5, 5.41) is 3.22. The number of amides is 1. The minimum absolute atomic E-state index is 0.308. The molecule has 0 aliphatic carbocycles. The van der Waals surface area contributed by atoms with E-state index in [1.165, 1.54) is 18.2 Å². The molecule has 3 N–H and O–H groups in total. The molecule has 1 rings (SSSR count). The molecule has 18 heavy (non-hydrogen) atoms. The molecule has 1 amide bonds. The molecule has 0 spiro atoms. The highest BCUT2D eigenvalue weighted by Crippen LogP contribution is 2.11. The first-order valence-electron chi connectivity index (χ1n) is 6.37. The van der Waals surface area contributed by atoms with Crippen LogP contribution < -0.4 is 11.1 Å². The lowest BCUT2D eigenvalue weighted by atomic mass is 10.0. The summed E-state index contributed by atoms with van der Waals surface area (Å²) in [5.41, 5.74) is 6.00. The van der Waals surface area contributed by atoms with Gasteiger partial charge in [-0.25, -0.2) is 4.39 Å². The molecule has 100 valence electrons. The Morgan fingerprint density at radius 3 is 2.61 bits per heavy atom. The first-order chi connectivity index (χ1) is 8.58. The molecular weight excluding hydrogens is 231 g/mol. The van der Waals surface area contributed by atoms with Crippen LogP contribution in [-0.4, -0.2) is 12.5 Å². The van der Waals surface area contributed by atoms with Crippen LogP contribution in [0.1, 0.15) is 42.6 Å². The van der Waals surface area contributed by atoms with Gasteiger partial charge in [0.2, 0.25) is 5.91 Å². The van der Waals surface area contributed by atoms with Gasteiger partial charge in [0.25, 0.3) is 0 Å². The summed E-state index contributed by atoms with van der Waals surface area (Å²) < 4.78 is 13.5. The standard InChI is InChI=1S/C14H21FN2O/c1-3-10(4-2)8-17-9-12-7-11(14(16)18)5-6-13(12)15/h5-7,10,17H,3-4,8-9H2,1-2H3,(H2,16,18). The average molecular weight is 252 g/mol. The van der Waals surface area contributed by atoms with Crippen molar-refractivity contribution in [3.8, 4) is 0 Å². The van der Waals surface area contributed by atoms with E-state index in [4.69, 9.17) is 5.73 Å². The molecule has 3 nitrogen and oxygen atoms in total. The van der Waals surface area contributed by atoms with Gasteiger partial charge in [-0.3, -0.25) is 4.79 Å². The summed E-state index contributed by atoms with van der Waals surface area (Å²) in [4.78, 5) is 11.0. The third kappa shape index (κ3) is 4.11. The highest BCUT2D eigenvalue weighted by atomic mass is 19.1. The van der Waals surface area contributed by atoms with Crippen LogP contribution >= 0.6 is 0 Å². The zero-order valence-electron chi connectivity index (χ0n) is 11.0. The van der Waals surface area contributed by atoms with Gasteiger partial charge in [-0.05, 0) is 30.7 Å². The zero-order chi connectivity index (χ0) is 13.5. The number of nitrogens with two attached hydrogens (primary N) is 1. The average Bonchev–Trinajstić information content (AvgIpc) is 2.36. The number of nitrogens with one attached hydrogen (secondary N) is 1. The monoisotopic (exact) mass is 252 g/mol. The maximum Gasteiger partial charge on any atom is 0.248 e. The SMILES string of the molecule is CCC(CC)CNCc1cc(C(N)=O)ccc1F. The van der Waals surface area contributed by atoms with Crippen LogP contribution in [0.15, 0.2) is 18.2 Å². The van der Waals surface area contributed by atoms with Gasteiger partial charge in [0.15, 0.2) is 0 Å². The van der Waals surface area contributed by atoms with Gasteiger partial charge < -0.3 is 11.1 Å². The Labute approximate surface area is 108 Å². The Kier molecular flexibility index (Phi) is 5.78. The minimum Gasteiger partial charge on any atom is -0.366 e. The molecule has 0 bridgehead atoms. The van der Waals surface area contributed by atoms with Crippen molar-refractivity contribution < 1.29 is 9.18 Å². The summed E-state index contributed by atoms with van der Waals surface area (Å²) in [6, 6.07) is 4.20. The van der Waals surface area contributed by atoms with E-state index in [0.29, 0.717) is 23.6 Å². The van der Waals surface area contributed by atoms with E-state index in [1.807, 2.05) is 0 Å². The molecule has 0 unspecified atom stereocenters. The van der Waals surface area contributed by atoms with Gasteiger partial charge in [0, 0.05) is 17.7 Å². The largest absolute Gasteiger partial charge is 0.366 e. The van der Waals surface area contributed by atoms with Gasteiger partial charge in [-0.2, -0.15) is 0 Å². The Hall–Kier alpha value is -1.42. The van der Waals surface area contributed by atoms with Crippen molar-refractivity contribution in [3.05, 3.63) is 35.1 Å². The third-order valence-electron chi connectivity index (χ3n) is 3.23. The fourth-order valence-electron chi connectivity index (χ4n) is 1.85. The van der Waals surface area contributed by atoms with Crippen LogP contribution in [0.4, 0.5) is 4.39 Å².